The zero-order valence-corrected chi connectivity index (χ0v) is 17.6. The number of ether oxygens (including phenoxy) is 1. The Bertz CT molecular complexity index is 1300. The van der Waals surface area contributed by atoms with Crippen molar-refractivity contribution in [1.29, 1.82) is 0 Å². The van der Waals surface area contributed by atoms with Gasteiger partial charge in [-0.2, -0.15) is 0 Å². The molecule has 5 rings (SSSR count). The molecule has 0 spiro atoms. The summed E-state index contributed by atoms with van der Waals surface area (Å²) < 4.78 is 24.6. The Labute approximate surface area is 184 Å². The minimum Gasteiger partial charge on any atom is -0.497 e. The summed E-state index contributed by atoms with van der Waals surface area (Å²) in [6.45, 7) is 1.54. The third kappa shape index (κ3) is 3.52. The van der Waals surface area contributed by atoms with Gasteiger partial charge in [0.2, 0.25) is 11.8 Å². The zero-order valence-electron chi connectivity index (χ0n) is 17.6. The number of carbonyl (C=O) groups excluding carboxylic acids is 1. The Morgan fingerprint density at radius 2 is 2.16 bits per heavy atom. The van der Waals surface area contributed by atoms with Crippen molar-refractivity contribution < 1.29 is 23.4 Å². The molecule has 0 radical (unpaired) electrons. The van der Waals surface area contributed by atoms with Gasteiger partial charge in [0.1, 0.15) is 17.8 Å². The Balaban J connectivity index is 1.48. The lowest BCUT2D eigenvalue weighted by Crippen LogP contribution is -2.22. The first-order chi connectivity index (χ1) is 15.5. The van der Waals surface area contributed by atoms with Gasteiger partial charge < -0.3 is 19.5 Å². The van der Waals surface area contributed by atoms with Crippen LogP contribution in [0.4, 0.5) is 4.39 Å². The number of carbonyl (C=O) groups is 1. The maximum absolute atomic E-state index is 14.1. The second kappa shape index (κ2) is 7.80. The van der Waals surface area contributed by atoms with E-state index in [2.05, 4.69) is 10.3 Å². The average molecular weight is 430 g/mol. The molecule has 0 unspecified atom stereocenters. The van der Waals surface area contributed by atoms with Gasteiger partial charge in [-0.1, -0.05) is 12.1 Å². The zero-order chi connectivity index (χ0) is 22.4. The van der Waals surface area contributed by atoms with E-state index in [4.69, 9.17) is 9.15 Å². The van der Waals surface area contributed by atoms with E-state index in [0.717, 1.165) is 38.8 Å². The number of hydrogen-bond donors (Lipinski definition) is 2. The molecule has 1 aromatic heterocycles. The molecule has 6 nitrogen and oxygen atoms in total. The highest BCUT2D eigenvalue weighted by Crippen LogP contribution is 2.44. The summed E-state index contributed by atoms with van der Waals surface area (Å²) in [5.74, 6) is 0.503. The van der Waals surface area contributed by atoms with Crippen LogP contribution in [0.3, 0.4) is 0 Å². The summed E-state index contributed by atoms with van der Waals surface area (Å²) in [7, 11) is 1.57. The minimum atomic E-state index is -0.582. The summed E-state index contributed by atoms with van der Waals surface area (Å²) in [6.07, 6.45) is 5.05. The molecule has 8 heteroatoms. The van der Waals surface area contributed by atoms with Crippen molar-refractivity contribution in [3.8, 4) is 5.75 Å². The van der Waals surface area contributed by atoms with Gasteiger partial charge in [0.25, 0.3) is 0 Å². The van der Waals surface area contributed by atoms with E-state index in [0.29, 0.717) is 17.2 Å². The number of halogens is 1. The molecule has 0 fully saturated rings. The predicted molar refractivity (Wildman–Crippen MR) is 120 cm³/mol. The van der Waals surface area contributed by atoms with Gasteiger partial charge in [-0.05, 0) is 75.5 Å². The topological polar surface area (TPSA) is 84.6 Å². The SMILES string of the molecule is COc1cc(/C=C2/C(C)=C(CC(=O)NCc3ncco3)c3cc(F)ccc32)cc2c1B2O. The molecule has 0 saturated carbocycles. The van der Waals surface area contributed by atoms with Gasteiger partial charge in [0.05, 0.1) is 26.3 Å². The van der Waals surface area contributed by atoms with Gasteiger partial charge in [0, 0.05) is 0 Å². The first kappa shape index (κ1) is 20.3. The lowest BCUT2D eigenvalue weighted by atomic mass is 9.87. The van der Waals surface area contributed by atoms with Crippen LogP contribution in [-0.2, 0) is 11.3 Å². The third-order valence-corrected chi connectivity index (χ3v) is 5.92. The normalized spacial score (nSPS) is 15.1. The van der Waals surface area contributed by atoms with Crippen LogP contribution in [0.1, 0.15) is 35.9 Å². The van der Waals surface area contributed by atoms with E-state index in [1.54, 1.807) is 13.2 Å². The monoisotopic (exact) mass is 430 g/mol. The molecule has 160 valence electrons. The van der Waals surface area contributed by atoms with E-state index in [-0.39, 0.29) is 24.7 Å². The minimum absolute atomic E-state index is 0.104. The molecule has 2 heterocycles. The fourth-order valence-electron chi connectivity index (χ4n) is 4.25. The van der Waals surface area contributed by atoms with E-state index < -0.39 is 6.92 Å². The van der Waals surface area contributed by atoms with Gasteiger partial charge in [-0.3, -0.25) is 4.79 Å². The highest BCUT2D eigenvalue weighted by molar-refractivity contribution is 6.97. The Morgan fingerprint density at radius 3 is 2.91 bits per heavy atom. The van der Waals surface area contributed by atoms with Crippen molar-refractivity contribution in [3.05, 3.63) is 76.8 Å². The number of allylic oxidation sites excluding steroid dienone is 2. The predicted octanol–water partition coefficient (Wildman–Crippen LogP) is 2.27. The van der Waals surface area contributed by atoms with E-state index >= 15 is 0 Å². The summed E-state index contributed by atoms with van der Waals surface area (Å²) in [5, 5.41) is 12.8. The van der Waals surface area contributed by atoms with Crippen molar-refractivity contribution in [2.45, 2.75) is 19.9 Å². The number of hydrogen-bond acceptors (Lipinski definition) is 5. The number of nitrogens with one attached hydrogen (secondary N) is 1. The quantitative estimate of drug-likeness (QED) is 0.587. The first-order valence-corrected chi connectivity index (χ1v) is 10.2. The van der Waals surface area contributed by atoms with Crippen LogP contribution in [-0.4, -0.2) is 29.9 Å². The van der Waals surface area contributed by atoms with Crippen LogP contribution >= 0.6 is 0 Å². The second-order valence-electron chi connectivity index (χ2n) is 7.86. The number of rotatable bonds is 6. The molecule has 2 aromatic carbocycles. The fraction of sp³-hybridized carbons (Fsp3) is 0.167. The molecule has 0 atom stereocenters. The molecule has 0 saturated heterocycles. The Hall–Kier alpha value is -3.65. The third-order valence-electron chi connectivity index (χ3n) is 5.92. The van der Waals surface area contributed by atoms with Gasteiger partial charge in [-0.15, -0.1) is 0 Å². The van der Waals surface area contributed by atoms with Gasteiger partial charge >= 0.3 is 6.92 Å². The van der Waals surface area contributed by atoms with E-state index in [9.17, 15) is 14.2 Å². The molecule has 2 aliphatic rings. The highest BCUT2D eigenvalue weighted by Gasteiger charge is 2.40. The molecule has 32 heavy (non-hydrogen) atoms. The van der Waals surface area contributed by atoms with Crippen LogP contribution in [0.2, 0.25) is 0 Å². The summed E-state index contributed by atoms with van der Waals surface area (Å²) in [4.78, 5) is 16.6. The van der Waals surface area contributed by atoms with E-state index in [1.807, 2.05) is 25.1 Å². The maximum Gasteiger partial charge on any atom is 0.362 e. The molecule has 1 amide bonds. The van der Waals surface area contributed by atoms with Crippen LogP contribution < -0.4 is 21.0 Å². The van der Waals surface area contributed by atoms with Gasteiger partial charge in [0.15, 0.2) is 0 Å². The Kier molecular flexibility index (Phi) is 4.94. The molecule has 1 aliphatic heterocycles. The van der Waals surface area contributed by atoms with Crippen molar-refractivity contribution in [2.75, 3.05) is 7.11 Å². The smallest absolute Gasteiger partial charge is 0.362 e. The molecular weight excluding hydrogens is 410 g/mol. The first-order valence-electron chi connectivity index (χ1n) is 10.2. The maximum atomic E-state index is 14.1. The lowest BCUT2D eigenvalue weighted by molar-refractivity contribution is -0.120. The van der Waals surface area contributed by atoms with Gasteiger partial charge in [-0.25, -0.2) is 9.37 Å². The van der Waals surface area contributed by atoms with Crippen molar-refractivity contribution in [2.24, 2.45) is 0 Å². The molecule has 3 aromatic rings. The van der Waals surface area contributed by atoms with Crippen molar-refractivity contribution in [1.82, 2.24) is 10.3 Å². The van der Waals surface area contributed by atoms with Crippen molar-refractivity contribution in [3.63, 3.8) is 0 Å². The standard InChI is InChI=1S/C24H20BFN2O4/c1-13-17(7-14-8-20-24(25(20)30)21(9-14)31-2)16-4-3-15(26)10-19(16)18(13)11-22(29)28-12-23-27-5-6-32-23/h3-10,30H,11-12H2,1-2H3,(H,28,29)/b17-7-. The number of methoxy groups -OCH3 is 1. The van der Waals surface area contributed by atoms with Crippen LogP contribution in [0, 0.1) is 5.82 Å². The summed E-state index contributed by atoms with van der Waals surface area (Å²) >= 11 is 0. The number of benzene rings is 2. The molecular formula is C24H20BFN2O4. The van der Waals surface area contributed by atoms with E-state index in [1.165, 1.54) is 24.6 Å². The summed E-state index contributed by atoms with van der Waals surface area (Å²) in [6, 6.07) is 8.42. The molecule has 2 N–H and O–H groups in total. The second-order valence-corrected chi connectivity index (χ2v) is 7.86. The van der Waals surface area contributed by atoms with Crippen LogP contribution in [0.5, 0.6) is 5.75 Å². The molecule has 0 bridgehead atoms. The molecule has 1 aliphatic carbocycles. The lowest BCUT2D eigenvalue weighted by Gasteiger charge is -2.07. The van der Waals surface area contributed by atoms with Crippen LogP contribution in [0.15, 0.2) is 52.8 Å². The number of fused-ring (bicyclic) bond motifs is 2. The van der Waals surface area contributed by atoms with Crippen molar-refractivity contribution >= 4 is 41.0 Å². The highest BCUT2D eigenvalue weighted by atomic mass is 19.1. The number of nitrogens with zero attached hydrogens (tertiary/aromatic N) is 1. The number of aromatic nitrogens is 1. The number of amides is 1. The fourth-order valence-corrected chi connectivity index (χ4v) is 4.25. The Morgan fingerprint density at radius 1 is 1.31 bits per heavy atom. The largest absolute Gasteiger partial charge is 0.497 e. The average Bonchev–Trinajstić information content (AvgIpc) is 3.12. The summed E-state index contributed by atoms with van der Waals surface area (Å²) in [5.41, 5.74) is 6.70. The number of oxazole rings is 1. The van der Waals surface area contributed by atoms with Crippen LogP contribution in [0.25, 0.3) is 17.2 Å².